The summed E-state index contributed by atoms with van der Waals surface area (Å²) in [4.78, 5) is 8.48. The van der Waals surface area contributed by atoms with Gasteiger partial charge in [-0.2, -0.15) is 0 Å². The van der Waals surface area contributed by atoms with Gasteiger partial charge in [0.2, 0.25) is 0 Å². The number of hydrogen-bond donors (Lipinski definition) is 1. The second kappa shape index (κ2) is 5.30. The molecule has 0 bridgehead atoms. The van der Waals surface area contributed by atoms with Crippen LogP contribution in [-0.4, -0.2) is 17.9 Å². The van der Waals surface area contributed by atoms with E-state index in [2.05, 4.69) is 15.3 Å². The lowest BCUT2D eigenvalue weighted by Gasteiger charge is -2.14. The number of furan rings is 1. The number of hydrogen-bond acceptors (Lipinski definition) is 3. The van der Waals surface area contributed by atoms with Crippen molar-refractivity contribution >= 4 is 5.84 Å². The Bertz CT molecular complexity index is 477. The monoisotopic (exact) mass is 229 g/mol. The smallest absolute Gasteiger partial charge is 0.168 e. The zero-order valence-corrected chi connectivity index (χ0v) is 9.92. The summed E-state index contributed by atoms with van der Waals surface area (Å²) >= 11 is 0. The average Bonchev–Trinajstić information content (AvgIpc) is 2.90. The quantitative estimate of drug-likeness (QED) is 0.649. The Morgan fingerprint density at radius 1 is 1.35 bits per heavy atom. The van der Waals surface area contributed by atoms with E-state index in [1.165, 1.54) is 0 Å². The highest BCUT2D eigenvalue weighted by Gasteiger charge is 2.11. The predicted octanol–water partition coefficient (Wildman–Crippen LogP) is 2.40. The Hall–Kier alpha value is -2.10. The molecule has 0 aliphatic rings. The second-order valence-corrected chi connectivity index (χ2v) is 3.67. The molecule has 88 valence electrons. The van der Waals surface area contributed by atoms with E-state index in [0.29, 0.717) is 0 Å². The van der Waals surface area contributed by atoms with Gasteiger partial charge < -0.3 is 9.73 Å². The molecular weight excluding hydrogens is 214 g/mol. The maximum atomic E-state index is 5.31. The molecular formula is C13H15N3O. The number of nitrogens with one attached hydrogen (secondary N) is 1. The largest absolute Gasteiger partial charge is 0.461 e. The molecule has 2 rings (SSSR count). The van der Waals surface area contributed by atoms with E-state index in [-0.39, 0.29) is 6.04 Å². The van der Waals surface area contributed by atoms with Crippen molar-refractivity contribution in [2.75, 3.05) is 7.05 Å². The van der Waals surface area contributed by atoms with Gasteiger partial charge in [-0.15, -0.1) is 0 Å². The molecule has 0 unspecified atom stereocenters. The van der Waals surface area contributed by atoms with Crippen LogP contribution in [0.3, 0.4) is 0 Å². The molecule has 0 saturated heterocycles. The first-order valence-electron chi connectivity index (χ1n) is 5.49. The van der Waals surface area contributed by atoms with E-state index in [0.717, 1.165) is 17.3 Å². The molecule has 0 aliphatic heterocycles. The van der Waals surface area contributed by atoms with Crippen LogP contribution in [0.15, 0.2) is 52.2 Å². The third kappa shape index (κ3) is 2.72. The summed E-state index contributed by atoms with van der Waals surface area (Å²) in [5, 5.41) is 3.28. The van der Waals surface area contributed by atoms with Gasteiger partial charge in [0, 0.05) is 13.2 Å². The van der Waals surface area contributed by atoms with Crippen LogP contribution in [0.25, 0.3) is 0 Å². The lowest BCUT2D eigenvalue weighted by molar-refractivity contribution is 0.548. The minimum absolute atomic E-state index is 0.0833. The third-order valence-electron chi connectivity index (χ3n) is 2.46. The van der Waals surface area contributed by atoms with Crippen molar-refractivity contribution < 1.29 is 4.42 Å². The van der Waals surface area contributed by atoms with Gasteiger partial charge in [-0.05, 0) is 31.2 Å². The molecule has 0 aromatic carbocycles. The molecule has 17 heavy (non-hydrogen) atoms. The van der Waals surface area contributed by atoms with E-state index in [1.54, 1.807) is 19.5 Å². The zero-order valence-electron chi connectivity index (χ0n) is 9.92. The molecule has 0 amide bonds. The van der Waals surface area contributed by atoms with Crippen LogP contribution in [0.1, 0.15) is 24.4 Å². The zero-order chi connectivity index (χ0) is 12.1. The average molecular weight is 229 g/mol. The third-order valence-corrected chi connectivity index (χ3v) is 2.46. The Morgan fingerprint density at radius 2 is 2.24 bits per heavy atom. The number of aliphatic imine (C=N–C) groups is 1. The molecule has 0 saturated carbocycles. The minimum Gasteiger partial charge on any atom is -0.461 e. The van der Waals surface area contributed by atoms with Gasteiger partial charge in [-0.3, -0.25) is 9.98 Å². The Labute approximate surface area is 100 Å². The van der Waals surface area contributed by atoms with Crippen LogP contribution in [0, 0.1) is 0 Å². The van der Waals surface area contributed by atoms with Gasteiger partial charge in [0.1, 0.15) is 0 Å². The van der Waals surface area contributed by atoms with Gasteiger partial charge in [-0.25, -0.2) is 0 Å². The molecule has 0 fully saturated rings. The van der Waals surface area contributed by atoms with E-state index in [9.17, 15) is 0 Å². The van der Waals surface area contributed by atoms with Gasteiger partial charge in [0.25, 0.3) is 0 Å². The first-order valence-corrected chi connectivity index (χ1v) is 5.49. The Balaban J connectivity index is 2.11. The molecule has 0 radical (unpaired) electrons. The number of amidine groups is 1. The van der Waals surface area contributed by atoms with Crippen molar-refractivity contribution in [3.05, 3.63) is 54.2 Å². The highest BCUT2D eigenvalue weighted by molar-refractivity contribution is 5.96. The van der Waals surface area contributed by atoms with Gasteiger partial charge in [0.15, 0.2) is 11.6 Å². The molecule has 1 N–H and O–H groups in total. The molecule has 2 heterocycles. The topological polar surface area (TPSA) is 50.4 Å². The van der Waals surface area contributed by atoms with Gasteiger partial charge in [0.05, 0.1) is 18.0 Å². The molecule has 0 aliphatic carbocycles. The van der Waals surface area contributed by atoms with Crippen molar-refractivity contribution in [3.63, 3.8) is 0 Å². The van der Waals surface area contributed by atoms with Crippen LogP contribution >= 0.6 is 0 Å². The summed E-state index contributed by atoms with van der Waals surface area (Å²) in [6.07, 6.45) is 3.41. The number of aromatic nitrogens is 1. The second-order valence-electron chi connectivity index (χ2n) is 3.67. The fraction of sp³-hybridized carbons (Fsp3) is 0.231. The first-order chi connectivity index (χ1) is 8.31. The molecule has 4 nitrogen and oxygen atoms in total. The minimum atomic E-state index is 0.0833. The van der Waals surface area contributed by atoms with Crippen LogP contribution in [0.5, 0.6) is 0 Å². The summed E-state index contributed by atoms with van der Waals surface area (Å²) in [5.41, 5.74) is 0.972. The number of pyridine rings is 1. The van der Waals surface area contributed by atoms with Crippen molar-refractivity contribution in [2.45, 2.75) is 13.0 Å². The highest BCUT2D eigenvalue weighted by Crippen LogP contribution is 2.10. The molecule has 1 atom stereocenters. The van der Waals surface area contributed by atoms with Crippen molar-refractivity contribution in [2.24, 2.45) is 4.99 Å². The lowest BCUT2D eigenvalue weighted by atomic mass is 10.2. The normalized spacial score (nSPS) is 13.4. The fourth-order valence-corrected chi connectivity index (χ4v) is 1.57. The summed E-state index contributed by atoms with van der Waals surface area (Å²) in [5.74, 6) is 1.46. The number of rotatable bonds is 3. The summed E-state index contributed by atoms with van der Waals surface area (Å²) in [6.45, 7) is 2.04. The summed E-state index contributed by atoms with van der Waals surface area (Å²) in [6, 6.07) is 9.65. The van der Waals surface area contributed by atoms with Gasteiger partial charge >= 0.3 is 0 Å². The van der Waals surface area contributed by atoms with E-state index in [4.69, 9.17) is 4.42 Å². The summed E-state index contributed by atoms with van der Waals surface area (Å²) < 4.78 is 5.31. The van der Waals surface area contributed by atoms with Crippen molar-refractivity contribution in [1.82, 2.24) is 10.3 Å². The first kappa shape index (κ1) is 11.4. The number of nitrogens with zero attached hydrogens (tertiary/aromatic N) is 2. The van der Waals surface area contributed by atoms with Gasteiger partial charge in [-0.1, -0.05) is 6.07 Å². The maximum absolute atomic E-state index is 5.31. The van der Waals surface area contributed by atoms with E-state index < -0.39 is 0 Å². The predicted molar refractivity (Wildman–Crippen MR) is 67.0 cm³/mol. The molecule has 2 aromatic rings. The van der Waals surface area contributed by atoms with E-state index in [1.807, 2.05) is 37.3 Å². The van der Waals surface area contributed by atoms with Crippen LogP contribution in [-0.2, 0) is 0 Å². The Kier molecular flexibility index (Phi) is 3.55. The van der Waals surface area contributed by atoms with Crippen LogP contribution in [0.4, 0.5) is 0 Å². The van der Waals surface area contributed by atoms with Crippen molar-refractivity contribution in [1.29, 1.82) is 0 Å². The maximum Gasteiger partial charge on any atom is 0.168 e. The Morgan fingerprint density at radius 3 is 2.82 bits per heavy atom. The molecule has 0 spiro atoms. The molecule has 2 aromatic heterocycles. The molecule has 4 heteroatoms. The highest BCUT2D eigenvalue weighted by atomic mass is 16.3. The van der Waals surface area contributed by atoms with Crippen LogP contribution in [0.2, 0.25) is 0 Å². The lowest BCUT2D eigenvalue weighted by Crippen LogP contribution is -2.27. The summed E-state index contributed by atoms with van der Waals surface area (Å²) in [7, 11) is 1.73. The van der Waals surface area contributed by atoms with E-state index >= 15 is 0 Å². The van der Waals surface area contributed by atoms with Crippen molar-refractivity contribution in [3.8, 4) is 0 Å². The SMILES string of the molecule is CN=C(N[C@H](C)c1ccccn1)c1ccco1. The standard InChI is InChI=1S/C13H15N3O/c1-10(11-6-3-4-8-15-11)16-13(14-2)12-7-5-9-17-12/h3-10H,1-2H3,(H,14,16)/t10-/m1/s1. The fourth-order valence-electron chi connectivity index (χ4n) is 1.57. The van der Waals surface area contributed by atoms with Crippen LogP contribution < -0.4 is 5.32 Å².